The van der Waals surface area contributed by atoms with E-state index in [1.807, 2.05) is 0 Å². The summed E-state index contributed by atoms with van der Waals surface area (Å²) in [6, 6.07) is 0. The Morgan fingerprint density at radius 1 is 1.60 bits per heavy atom. The highest BCUT2D eigenvalue weighted by Crippen LogP contribution is 2.28. The largest absolute Gasteiger partial charge is 0.481 e. The van der Waals surface area contributed by atoms with Crippen molar-refractivity contribution in [3.8, 4) is 0 Å². The molecule has 0 spiro atoms. The first-order chi connectivity index (χ1) is 7.09. The Balaban J connectivity index is 2.60. The third-order valence-electron chi connectivity index (χ3n) is 2.61. The lowest BCUT2D eigenvalue weighted by atomic mass is 9.87. The molecule has 6 nitrogen and oxygen atoms in total. The summed E-state index contributed by atoms with van der Waals surface area (Å²) in [5.74, 6) is -1.67. The molecule has 0 bridgehead atoms. The molecule has 1 atom stereocenters. The van der Waals surface area contributed by atoms with Crippen LogP contribution in [0.2, 0.25) is 0 Å². The number of anilines is 1. The van der Waals surface area contributed by atoms with Gasteiger partial charge in [-0.05, 0) is 19.3 Å². The molecule has 1 heterocycles. The van der Waals surface area contributed by atoms with Crippen LogP contribution in [0.3, 0.4) is 0 Å². The van der Waals surface area contributed by atoms with Gasteiger partial charge in [0.25, 0.3) is 5.56 Å². The molecule has 1 aliphatic rings. The third-order valence-corrected chi connectivity index (χ3v) is 2.61. The lowest BCUT2D eigenvalue weighted by Crippen LogP contribution is -2.27. The van der Waals surface area contributed by atoms with E-state index in [4.69, 9.17) is 10.8 Å². The van der Waals surface area contributed by atoms with Crippen LogP contribution in [-0.4, -0.2) is 21.0 Å². The first-order valence-corrected chi connectivity index (χ1v) is 4.71. The van der Waals surface area contributed by atoms with Crippen LogP contribution in [-0.2, 0) is 11.2 Å². The summed E-state index contributed by atoms with van der Waals surface area (Å²) in [6.07, 6.45) is 1.78. The number of aliphatic carboxylic acids is 1. The minimum absolute atomic E-state index is 0.0214. The summed E-state index contributed by atoms with van der Waals surface area (Å²) in [5, 5.41) is 8.97. The number of carboxylic acid groups (broad SMARTS) is 1. The number of nitrogen functional groups attached to an aromatic ring is 1. The van der Waals surface area contributed by atoms with Gasteiger partial charge in [-0.1, -0.05) is 0 Å². The number of aromatic nitrogens is 2. The average molecular weight is 209 g/mol. The van der Waals surface area contributed by atoms with Crippen LogP contribution in [0.4, 0.5) is 5.95 Å². The van der Waals surface area contributed by atoms with Crippen molar-refractivity contribution in [1.29, 1.82) is 0 Å². The van der Waals surface area contributed by atoms with Gasteiger partial charge in [0, 0.05) is 5.56 Å². The Morgan fingerprint density at radius 2 is 2.33 bits per heavy atom. The minimum Gasteiger partial charge on any atom is -0.481 e. The van der Waals surface area contributed by atoms with Crippen molar-refractivity contribution in [3.63, 3.8) is 0 Å². The standard InChI is InChI=1S/C9H11N3O3/c10-9-11-6-4(7(13)12-9)2-1-3-5(6)8(14)15/h5H,1-3H2,(H,14,15)(H3,10,11,12,13). The molecule has 0 aromatic carbocycles. The molecule has 1 unspecified atom stereocenters. The lowest BCUT2D eigenvalue weighted by molar-refractivity contribution is -0.139. The highest BCUT2D eigenvalue weighted by Gasteiger charge is 2.29. The second kappa shape index (κ2) is 3.38. The molecule has 15 heavy (non-hydrogen) atoms. The molecule has 0 fully saturated rings. The van der Waals surface area contributed by atoms with Gasteiger partial charge in [-0.25, -0.2) is 4.98 Å². The SMILES string of the molecule is Nc1nc2c(c(=O)[nH]1)CCCC2C(=O)O. The quantitative estimate of drug-likeness (QED) is 0.596. The first kappa shape index (κ1) is 9.70. The number of fused-ring (bicyclic) bond motifs is 1. The molecule has 4 N–H and O–H groups in total. The zero-order chi connectivity index (χ0) is 11.0. The molecule has 1 aromatic rings. The predicted octanol–water partition coefficient (Wildman–Crippen LogP) is -0.143. The number of nitrogens with zero attached hydrogens (tertiary/aromatic N) is 1. The number of carboxylic acids is 1. The summed E-state index contributed by atoms with van der Waals surface area (Å²) >= 11 is 0. The monoisotopic (exact) mass is 209 g/mol. The Morgan fingerprint density at radius 3 is 3.00 bits per heavy atom. The number of rotatable bonds is 1. The van der Waals surface area contributed by atoms with Crippen molar-refractivity contribution in [2.24, 2.45) is 0 Å². The number of carbonyl (C=O) groups is 1. The van der Waals surface area contributed by atoms with Gasteiger partial charge in [0.15, 0.2) is 0 Å². The minimum atomic E-state index is -0.951. The molecule has 0 aliphatic heterocycles. The van der Waals surface area contributed by atoms with Gasteiger partial charge in [0.05, 0.1) is 11.6 Å². The van der Waals surface area contributed by atoms with E-state index in [0.29, 0.717) is 30.5 Å². The van der Waals surface area contributed by atoms with Crippen LogP contribution in [0, 0.1) is 0 Å². The summed E-state index contributed by atoms with van der Waals surface area (Å²) in [6.45, 7) is 0. The topological polar surface area (TPSA) is 109 Å². The summed E-state index contributed by atoms with van der Waals surface area (Å²) in [5.41, 5.74) is 5.86. The molecule has 2 rings (SSSR count). The number of H-pyrrole nitrogens is 1. The zero-order valence-corrected chi connectivity index (χ0v) is 7.99. The summed E-state index contributed by atoms with van der Waals surface area (Å²) < 4.78 is 0. The van der Waals surface area contributed by atoms with Crippen molar-refractivity contribution in [2.45, 2.75) is 25.2 Å². The van der Waals surface area contributed by atoms with E-state index in [1.165, 1.54) is 0 Å². The van der Waals surface area contributed by atoms with Crippen LogP contribution < -0.4 is 11.3 Å². The van der Waals surface area contributed by atoms with Gasteiger partial charge >= 0.3 is 5.97 Å². The molecule has 0 amide bonds. The van der Waals surface area contributed by atoms with E-state index in [2.05, 4.69) is 9.97 Å². The van der Waals surface area contributed by atoms with Crippen LogP contribution >= 0.6 is 0 Å². The fourth-order valence-corrected chi connectivity index (χ4v) is 1.92. The van der Waals surface area contributed by atoms with E-state index < -0.39 is 11.9 Å². The Bertz CT molecular complexity index is 466. The molecule has 6 heteroatoms. The first-order valence-electron chi connectivity index (χ1n) is 4.71. The predicted molar refractivity (Wildman–Crippen MR) is 52.6 cm³/mol. The molecule has 0 radical (unpaired) electrons. The Hall–Kier alpha value is -1.85. The number of hydrogen-bond donors (Lipinski definition) is 3. The normalized spacial score (nSPS) is 19.6. The lowest BCUT2D eigenvalue weighted by Gasteiger charge is -2.20. The number of nitrogens with one attached hydrogen (secondary N) is 1. The smallest absolute Gasteiger partial charge is 0.312 e. The van der Waals surface area contributed by atoms with Crippen molar-refractivity contribution < 1.29 is 9.90 Å². The Kier molecular flexibility index (Phi) is 2.18. The second-order valence-electron chi connectivity index (χ2n) is 3.60. The molecule has 0 saturated heterocycles. The van der Waals surface area contributed by atoms with Crippen LogP contribution in [0.15, 0.2) is 4.79 Å². The fourth-order valence-electron chi connectivity index (χ4n) is 1.92. The fraction of sp³-hybridized carbons (Fsp3) is 0.444. The van der Waals surface area contributed by atoms with Crippen molar-refractivity contribution >= 4 is 11.9 Å². The van der Waals surface area contributed by atoms with E-state index in [0.717, 1.165) is 0 Å². The average Bonchev–Trinajstić information content (AvgIpc) is 2.16. The van der Waals surface area contributed by atoms with Crippen molar-refractivity contribution in [2.75, 3.05) is 5.73 Å². The van der Waals surface area contributed by atoms with E-state index in [9.17, 15) is 9.59 Å². The van der Waals surface area contributed by atoms with Crippen molar-refractivity contribution in [1.82, 2.24) is 9.97 Å². The highest BCUT2D eigenvalue weighted by molar-refractivity contribution is 5.76. The van der Waals surface area contributed by atoms with E-state index >= 15 is 0 Å². The van der Waals surface area contributed by atoms with Gasteiger partial charge in [0.1, 0.15) is 0 Å². The molecular weight excluding hydrogens is 198 g/mol. The zero-order valence-electron chi connectivity index (χ0n) is 7.99. The number of nitrogens with two attached hydrogens (primary N) is 1. The van der Waals surface area contributed by atoms with Crippen LogP contribution in [0.5, 0.6) is 0 Å². The Labute approximate surface area is 85.1 Å². The molecule has 0 saturated carbocycles. The molecule has 80 valence electrons. The van der Waals surface area contributed by atoms with Gasteiger partial charge in [-0.2, -0.15) is 0 Å². The third kappa shape index (κ3) is 1.58. The van der Waals surface area contributed by atoms with Gasteiger partial charge in [0.2, 0.25) is 5.95 Å². The molecule has 1 aliphatic carbocycles. The molecular formula is C9H11N3O3. The van der Waals surface area contributed by atoms with E-state index in [1.54, 1.807) is 0 Å². The van der Waals surface area contributed by atoms with Crippen LogP contribution in [0.25, 0.3) is 0 Å². The summed E-state index contributed by atoms with van der Waals surface area (Å²) in [7, 11) is 0. The van der Waals surface area contributed by atoms with Crippen LogP contribution in [0.1, 0.15) is 30.0 Å². The van der Waals surface area contributed by atoms with Crippen molar-refractivity contribution in [3.05, 3.63) is 21.6 Å². The number of aromatic amines is 1. The second-order valence-corrected chi connectivity index (χ2v) is 3.60. The maximum Gasteiger partial charge on any atom is 0.312 e. The van der Waals surface area contributed by atoms with E-state index in [-0.39, 0.29) is 11.5 Å². The molecule has 1 aromatic heterocycles. The van der Waals surface area contributed by atoms with Gasteiger partial charge < -0.3 is 10.8 Å². The van der Waals surface area contributed by atoms with Gasteiger partial charge in [-0.15, -0.1) is 0 Å². The maximum absolute atomic E-state index is 11.5. The maximum atomic E-state index is 11.5. The number of hydrogen-bond acceptors (Lipinski definition) is 4. The van der Waals surface area contributed by atoms with Gasteiger partial charge in [-0.3, -0.25) is 14.6 Å². The summed E-state index contributed by atoms with van der Waals surface area (Å²) in [4.78, 5) is 28.7. The highest BCUT2D eigenvalue weighted by atomic mass is 16.4.